The molecule has 4 nitrogen and oxygen atoms in total. The van der Waals surface area contributed by atoms with Crippen LogP contribution in [-0.4, -0.2) is 51.1 Å². The number of carbonyl (C=O) groups excluding carboxylic acids is 1. The van der Waals surface area contributed by atoms with E-state index >= 15 is 0 Å². The van der Waals surface area contributed by atoms with Crippen molar-refractivity contribution < 1.29 is 4.79 Å². The Morgan fingerprint density at radius 2 is 1.81 bits per heavy atom. The van der Waals surface area contributed by atoms with Crippen LogP contribution in [0.3, 0.4) is 0 Å². The first kappa shape index (κ1) is 15.8. The molecule has 1 aromatic rings. The Morgan fingerprint density at radius 3 is 2.38 bits per heavy atom. The maximum atomic E-state index is 12.7. The van der Waals surface area contributed by atoms with Crippen molar-refractivity contribution in [3.63, 3.8) is 0 Å². The molecule has 0 unspecified atom stereocenters. The first-order valence-electron chi connectivity index (χ1n) is 7.74. The number of nitrogens with zero attached hydrogens (tertiary/aromatic N) is 2. The van der Waals surface area contributed by atoms with Gasteiger partial charge in [0.15, 0.2) is 0 Å². The number of carbonyl (C=O) groups is 1. The fourth-order valence-electron chi connectivity index (χ4n) is 3.04. The lowest BCUT2D eigenvalue weighted by Crippen LogP contribution is -2.42. The molecule has 1 fully saturated rings. The predicted octanol–water partition coefficient (Wildman–Crippen LogP) is 2.36. The molecule has 0 bridgehead atoms. The van der Waals surface area contributed by atoms with Gasteiger partial charge in [0, 0.05) is 44.5 Å². The molecule has 2 rings (SSSR count). The van der Waals surface area contributed by atoms with Gasteiger partial charge in [-0.15, -0.1) is 0 Å². The third-order valence-corrected chi connectivity index (χ3v) is 4.58. The number of nitrogens with one attached hydrogen (secondary N) is 1. The number of rotatable bonds is 4. The van der Waals surface area contributed by atoms with E-state index in [0.29, 0.717) is 12.1 Å². The summed E-state index contributed by atoms with van der Waals surface area (Å²) in [7, 11) is 7.94. The summed E-state index contributed by atoms with van der Waals surface area (Å²) >= 11 is 0. The zero-order chi connectivity index (χ0) is 15.4. The predicted molar refractivity (Wildman–Crippen MR) is 88.0 cm³/mol. The lowest BCUT2D eigenvalue weighted by atomic mass is 9.90. The summed E-state index contributed by atoms with van der Waals surface area (Å²) in [5, 5.41) is 3.34. The minimum atomic E-state index is 0.131. The summed E-state index contributed by atoms with van der Waals surface area (Å²) in [6, 6.07) is 8.83. The maximum absolute atomic E-state index is 12.7. The molecular weight excluding hydrogens is 262 g/mol. The summed E-state index contributed by atoms with van der Waals surface area (Å²) in [6.07, 6.45) is 4.47. The lowest BCUT2D eigenvalue weighted by molar-refractivity contribution is 0.0686. The zero-order valence-electron chi connectivity index (χ0n) is 13.6. The van der Waals surface area contributed by atoms with Gasteiger partial charge < -0.3 is 15.1 Å². The van der Waals surface area contributed by atoms with Crippen molar-refractivity contribution in [2.24, 2.45) is 0 Å². The summed E-state index contributed by atoms with van der Waals surface area (Å²) in [4.78, 5) is 16.6. The first-order chi connectivity index (χ1) is 10.0. The van der Waals surface area contributed by atoms with Crippen LogP contribution in [0.1, 0.15) is 36.0 Å². The molecule has 116 valence electrons. The zero-order valence-corrected chi connectivity index (χ0v) is 13.6. The second-order valence-corrected chi connectivity index (χ2v) is 6.15. The molecule has 1 amide bonds. The smallest absolute Gasteiger partial charge is 0.253 e. The van der Waals surface area contributed by atoms with Crippen LogP contribution in [0.4, 0.5) is 5.69 Å². The number of hydrogen-bond acceptors (Lipinski definition) is 3. The molecular formula is C17H27N3O. The van der Waals surface area contributed by atoms with E-state index in [4.69, 9.17) is 0 Å². The summed E-state index contributed by atoms with van der Waals surface area (Å²) in [6.45, 7) is 0. The molecule has 0 saturated heterocycles. The third kappa shape index (κ3) is 3.76. The topological polar surface area (TPSA) is 35.6 Å². The fourth-order valence-corrected chi connectivity index (χ4v) is 3.04. The van der Waals surface area contributed by atoms with E-state index in [-0.39, 0.29) is 5.91 Å². The van der Waals surface area contributed by atoms with Crippen molar-refractivity contribution in [2.75, 3.05) is 33.1 Å². The van der Waals surface area contributed by atoms with Crippen molar-refractivity contribution in [1.29, 1.82) is 0 Å². The highest BCUT2D eigenvalue weighted by Crippen LogP contribution is 2.24. The van der Waals surface area contributed by atoms with Crippen molar-refractivity contribution in [2.45, 2.75) is 37.8 Å². The molecule has 0 atom stereocenters. The SMILES string of the molecule is CNC1CCC(N(C)C(=O)c2cccc(N(C)C)c2)CC1. The number of hydrogen-bond donors (Lipinski definition) is 1. The minimum absolute atomic E-state index is 0.131. The van der Waals surface area contributed by atoms with E-state index in [1.807, 2.05) is 62.3 Å². The van der Waals surface area contributed by atoms with Gasteiger partial charge >= 0.3 is 0 Å². The van der Waals surface area contributed by atoms with E-state index in [0.717, 1.165) is 36.9 Å². The van der Waals surface area contributed by atoms with Gasteiger partial charge in [0.2, 0.25) is 0 Å². The van der Waals surface area contributed by atoms with Crippen LogP contribution in [0, 0.1) is 0 Å². The fraction of sp³-hybridized carbons (Fsp3) is 0.588. The molecule has 1 N–H and O–H groups in total. The largest absolute Gasteiger partial charge is 0.378 e. The molecule has 1 aliphatic carbocycles. The highest BCUT2D eigenvalue weighted by molar-refractivity contribution is 5.95. The summed E-state index contributed by atoms with van der Waals surface area (Å²) < 4.78 is 0. The average molecular weight is 289 g/mol. The molecule has 0 heterocycles. The van der Waals surface area contributed by atoms with Crippen molar-refractivity contribution in [3.05, 3.63) is 29.8 Å². The van der Waals surface area contributed by atoms with Crippen LogP contribution in [-0.2, 0) is 0 Å². The van der Waals surface area contributed by atoms with Crippen LogP contribution < -0.4 is 10.2 Å². The van der Waals surface area contributed by atoms with E-state index in [1.54, 1.807) is 0 Å². The molecule has 0 aliphatic heterocycles. The van der Waals surface area contributed by atoms with Gasteiger partial charge in [-0.25, -0.2) is 0 Å². The third-order valence-electron chi connectivity index (χ3n) is 4.58. The Labute approximate surface area is 128 Å². The number of anilines is 1. The summed E-state index contributed by atoms with van der Waals surface area (Å²) in [5.74, 6) is 0.131. The van der Waals surface area contributed by atoms with E-state index in [9.17, 15) is 4.79 Å². The molecule has 1 saturated carbocycles. The second-order valence-electron chi connectivity index (χ2n) is 6.15. The molecule has 0 spiro atoms. The van der Waals surface area contributed by atoms with Gasteiger partial charge in [0.05, 0.1) is 0 Å². The quantitative estimate of drug-likeness (QED) is 0.924. The van der Waals surface area contributed by atoms with E-state index < -0.39 is 0 Å². The van der Waals surface area contributed by atoms with Crippen LogP contribution in [0.15, 0.2) is 24.3 Å². The van der Waals surface area contributed by atoms with Gasteiger partial charge in [-0.2, -0.15) is 0 Å². The van der Waals surface area contributed by atoms with Crippen LogP contribution in [0.25, 0.3) is 0 Å². The Morgan fingerprint density at radius 1 is 1.14 bits per heavy atom. The van der Waals surface area contributed by atoms with Gasteiger partial charge in [0.25, 0.3) is 5.91 Å². The molecule has 4 heteroatoms. The molecule has 21 heavy (non-hydrogen) atoms. The van der Waals surface area contributed by atoms with Crippen molar-refractivity contribution in [3.8, 4) is 0 Å². The highest BCUT2D eigenvalue weighted by atomic mass is 16.2. The van der Waals surface area contributed by atoms with Crippen LogP contribution in [0.5, 0.6) is 0 Å². The standard InChI is InChI=1S/C17H27N3O/c1-18-14-8-10-15(11-9-14)20(4)17(21)13-6-5-7-16(12-13)19(2)3/h5-7,12,14-15,18H,8-11H2,1-4H3. The Kier molecular flexibility index (Phi) is 5.23. The van der Waals surface area contributed by atoms with Crippen LogP contribution >= 0.6 is 0 Å². The maximum Gasteiger partial charge on any atom is 0.253 e. The van der Waals surface area contributed by atoms with E-state index in [2.05, 4.69) is 5.32 Å². The minimum Gasteiger partial charge on any atom is -0.378 e. The Balaban J connectivity index is 2.04. The van der Waals surface area contributed by atoms with E-state index in [1.165, 1.54) is 0 Å². The normalized spacial score (nSPS) is 21.9. The van der Waals surface area contributed by atoms with Crippen molar-refractivity contribution in [1.82, 2.24) is 10.2 Å². The second kappa shape index (κ2) is 6.94. The average Bonchev–Trinajstić information content (AvgIpc) is 2.53. The van der Waals surface area contributed by atoms with Gasteiger partial charge in [0.1, 0.15) is 0 Å². The van der Waals surface area contributed by atoms with Crippen LogP contribution in [0.2, 0.25) is 0 Å². The summed E-state index contributed by atoms with van der Waals surface area (Å²) in [5.41, 5.74) is 1.84. The molecule has 1 aromatic carbocycles. The molecule has 1 aliphatic rings. The number of benzene rings is 1. The first-order valence-corrected chi connectivity index (χ1v) is 7.74. The van der Waals surface area contributed by atoms with Crippen molar-refractivity contribution >= 4 is 11.6 Å². The molecule has 0 radical (unpaired) electrons. The Bertz CT molecular complexity index is 479. The van der Waals surface area contributed by atoms with Gasteiger partial charge in [-0.1, -0.05) is 6.07 Å². The highest BCUT2D eigenvalue weighted by Gasteiger charge is 2.26. The molecule has 0 aromatic heterocycles. The van der Waals surface area contributed by atoms with Gasteiger partial charge in [-0.3, -0.25) is 4.79 Å². The number of amides is 1. The monoisotopic (exact) mass is 289 g/mol. The van der Waals surface area contributed by atoms with Gasteiger partial charge in [-0.05, 0) is 50.9 Å². The Hall–Kier alpha value is -1.55. The lowest BCUT2D eigenvalue weighted by Gasteiger charge is -2.34.